The Morgan fingerprint density at radius 3 is 2.30 bits per heavy atom. The van der Waals surface area contributed by atoms with Crippen molar-refractivity contribution in [1.82, 2.24) is 9.80 Å². The second-order valence-electron chi connectivity index (χ2n) is 6.94. The van der Waals surface area contributed by atoms with E-state index in [1.807, 2.05) is 0 Å². The van der Waals surface area contributed by atoms with Gasteiger partial charge in [0.1, 0.15) is 5.82 Å². The topological polar surface area (TPSA) is 84.4 Å². The number of fused-ring (bicyclic) bond motifs is 1. The fourth-order valence-electron chi connectivity index (χ4n) is 3.12. The van der Waals surface area contributed by atoms with Crippen LogP contribution in [-0.4, -0.2) is 69.7 Å². The quantitative estimate of drug-likeness (QED) is 0.716. The van der Waals surface area contributed by atoms with Gasteiger partial charge in [-0.2, -0.15) is 8.42 Å². The number of nitrogens with zero attached hydrogens (tertiary/aromatic N) is 4. The molecule has 11 heteroatoms. The van der Waals surface area contributed by atoms with Gasteiger partial charge in [0.15, 0.2) is 5.82 Å². The van der Waals surface area contributed by atoms with E-state index in [9.17, 15) is 22.0 Å². The molecule has 0 saturated carbocycles. The van der Waals surface area contributed by atoms with Crippen LogP contribution in [0.4, 0.5) is 30.6 Å². The van der Waals surface area contributed by atoms with E-state index >= 15 is 0 Å². The summed E-state index contributed by atoms with van der Waals surface area (Å²) in [5.41, 5.74) is 0.399. The lowest BCUT2D eigenvalue weighted by Gasteiger charge is -2.25. The highest BCUT2D eigenvalue weighted by Crippen LogP contribution is 2.45. The number of halogens is 2. The van der Waals surface area contributed by atoms with E-state index in [1.54, 1.807) is 36.2 Å². The third kappa shape index (κ3) is 4.17. The standard InChI is InChI=1S/C19H22F2N4O4S/c1-22(9-11-23(2)19(26)27)10-12-24-17-5-3-4-6-18(17)25(30(24,28)29)16-8-7-14(20)13-15(16)21/h3-8,13H,9-12H2,1-2H3,(H,26,27). The third-order valence-electron chi connectivity index (χ3n) is 4.84. The average molecular weight is 440 g/mol. The van der Waals surface area contributed by atoms with E-state index in [0.29, 0.717) is 24.8 Å². The van der Waals surface area contributed by atoms with Gasteiger partial charge in [0.05, 0.1) is 17.1 Å². The van der Waals surface area contributed by atoms with Crippen molar-refractivity contribution in [3.63, 3.8) is 0 Å². The van der Waals surface area contributed by atoms with Crippen molar-refractivity contribution < 1.29 is 27.1 Å². The maximum atomic E-state index is 14.4. The Hall–Kier alpha value is -2.92. The molecule has 0 aliphatic carbocycles. The van der Waals surface area contributed by atoms with E-state index in [4.69, 9.17) is 5.11 Å². The van der Waals surface area contributed by atoms with E-state index < -0.39 is 27.9 Å². The van der Waals surface area contributed by atoms with Crippen LogP contribution in [-0.2, 0) is 10.2 Å². The summed E-state index contributed by atoms with van der Waals surface area (Å²) in [5.74, 6) is -1.78. The highest BCUT2D eigenvalue weighted by atomic mass is 32.2. The Morgan fingerprint density at radius 1 is 1.00 bits per heavy atom. The van der Waals surface area contributed by atoms with Crippen molar-refractivity contribution in [3.05, 3.63) is 54.1 Å². The second-order valence-corrected chi connectivity index (χ2v) is 8.64. The molecule has 1 amide bonds. The number of hydrogen-bond donors (Lipinski definition) is 1. The summed E-state index contributed by atoms with van der Waals surface area (Å²) >= 11 is 0. The molecular formula is C19H22F2N4O4S. The van der Waals surface area contributed by atoms with Gasteiger partial charge in [-0.15, -0.1) is 0 Å². The molecule has 30 heavy (non-hydrogen) atoms. The molecule has 0 saturated heterocycles. The first-order valence-electron chi connectivity index (χ1n) is 9.12. The smallest absolute Gasteiger partial charge is 0.407 e. The van der Waals surface area contributed by atoms with Gasteiger partial charge in [-0.25, -0.2) is 22.2 Å². The van der Waals surface area contributed by atoms with Crippen LogP contribution < -0.4 is 8.61 Å². The van der Waals surface area contributed by atoms with Crippen molar-refractivity contribution in [3.8, 4) is 0 Å². The predicted octanol–water partition coefficient (Wildman–Crippen LogP) is 2.71. The van der Waals surface area contributed by atoms with Crippen molar-refractivity contribution in [1.29, 1.82) is 0 Å². The molecule has 1 aliphatic rings. The van der Waals surface area contributed by atoms with Gasteiger partial charge >= 0.3 is 16.3 Å². The van der Waals surface area contributed by atoms with Crippen molar-refractivity contribution in [2.75, 3.05) is 48.9 Å². The molecule has 2 aromatic rings. The maximum Gasteiger partial charge on any atom is 0.407 e. The molecular weight excluding hydrogens is 418 g/mol. The molecule has 0 spiro atoms. The van der Waals surface area contributed by atoms with Crippen LogP contribution in [0.2, 0.25) is 0 Å². The molecule has 162 valence electrons. The number of anilines is 3. The predicted molar refractivity (Wildman–Crippen MR) is 109 cm³/mol. The van der Waals surface area contributed by atoms with Gasteiger partial charge in [-0.1, -0.05) is 12.1 Å². The normalized spacial score (nSPS) is 14.8. The van der Waals surface area contributed by atoms with Gasteiger partial charge in [-0.3, -0.25) is 0 Å². The Balaban J connectivity index is 1.83. The average Bonchev–Trinajstić information content (AvgIpc) is 2.90. The lowest BCUT2D eigenvalue weighted by atomic mass is 10.2. The third-order valence-corrected chi connectivity index (χ3v) is 6.63. The summed E-state index contributed by atoms with van der Waals surface area (Å²) in [4.78, 5) is 13.8. The van der Waals surface area contributed by atoms with Crippen LogP contribution in [0.1, 0.15) is 0 Å². The van der Waals surface area contributed by atoms with Crippen molar-refractivity contribution in [2.24, 2.45) is 0 Å². The lowest BCUT2D eigenvalue weighted by Crippen LogP contribution is -2.41. The first kappa shape index (κ1) is 21.8. The molecule has 0 bridgehead atoms. The first-order chi connectivity index (χ1) is 14.1. The van der Waals surface area contributed by atoms with E-state index in [2.05, 4.69) is 0 Å². The number of para-hydroxylation sites is 2. The van der Waals surface area contributed by atoms with Gasteiger partial charge in [0.25, 0.3) is 0 Å². The van der Waals surface area contributed by atoms with E-state index in [-0.39, 0.29) is 24.5 Å². The molecule has 1 N–H and O–H groups in total. The zero-order chi connectivity index (χ0) is 22.1. The molecule has 0 unspecified atom stereocenters. The minimum absolute atomic E-state index is 0.0753. The lowest BCUT2D eigenvalue weighted by molar-refractivity contribution is 0.151. The van der Waals surface area contributed by atoms with Crippen molar-refractivity contribution in [2.45, 2.75) is 0 Å². The molecule has 0 atom stereocenters. The largest absolute Gasteiger partial charge is 0.465 e. The van der Waals surface area contributed by atoms with Crippen LogP contribution in [0, 0.1) is 11.6 Å². The fraction of sp³-hybridized carbons (Fsp3) is 0.316. The molecule has 0 fully saturated rings. The monoisotopic (exact) mass is 440 g/mol. The molecule has 1 heterocycles. The minimum Gasteiger partial charge on any atom is -0.465 e. The number of rotatable bonds is 7. The number of hydrogen-bond acceptors (Lipinski definition) is 4. The summed E-state index contributed by atoms with van der Waals surface area (Å²) in [6, 6.07) is 9.23. The number of carbonyl (C=O) groups is 1. The molecule has 0 aromatic heterocycles. The number of carboxylic acid groups (broad SMARTS) is 1. The summed E-state index contributed by atoms with van der Waals surface area (Å²) in [7, 11) is -0.940. The summed E-state index contributed by atoms with van der Waals surface area (Å²) < 4.78 is 56.2. The summed E-state index contributed by atoms with van der Waals surface area (Å²) in [6.45, 7) is 1.07. The van der Waals surface area contributed by atoms with Gasteiger partial charge < -0.3 is 14.9 Å². The maximum absolute atomic E-state index is 14.4. The minimum atomic E-state index is -4.14. The van der Waals surface area contributed by atoms with Crippen LogP contribution in [0.15, 0.2) is 42.5 Å². The van der Waals surface area contributed by atoms with Crippen LogP contribution in [0.25, 0.3) is 0 Å². The van der Waals surface area contributed by atoms with E-state index in [0.717, 1.165) is 21.3 Å². The van der Waals surface area contributed by atoms with Gasteiger partial charge in [0, 0.05) is 39.3 Å². The molecule has 8 nitrogen and oxygen atoms in total. The Morgan fingerprint density at radius 2 is 1.67 bits per heavy atom. The Bertz CT molecular complexity index is 1050. The van der Waals surface area contributed by atoms with Crippen LogP contribution in [0.3, 0.4) is 0 Å². The number of benzene rings is 2. The number of amides is 1. The second kappa shape index (κ2) is 8.44. The molecule has 0 radical (unpaired) electrons. The Labute approximate surface area is 173 Å². The highest BCUT2D eigenvalue weighted by Gasteiger charge is 2.42. The summed E-state index contributed by atoms with van der Waals surface area (Å²) in [6.07, 6.45) is -1.04. The van der Waals surface area contributed by atoms with Crippen molar-refractivity contribution >= 4 is 33.4 Å². The fourth-order valence-corrected chi connectivity index (χ4v) is 4.83. The SMILES string of the molecule is CN(CCN(C)C(=O)O)CCN1c2ccccc2N(c2ccc(F)cc2F)S1(=O)=O. The van der Waals surface area contributed by atoms with E-state index in [1.165, 1.54) is 11.4 Å². The zero-order valence-electron chi connectivity index (χ0n) is 16.5. The van der Waals surface area contributed by atoms with Gasteiger partial charge in [-0.05, 0) is 31.3 Å². The number of likely N-dealkylation sites (N-methyl/N-ethyl adjacent to an activating group) is 2. The highest BCUT2D eigenvalue weighted by molar-refractivity contribution is 7.95. The molecule has 2 aromatic carbocycles. The molecule has 3 rings (SSSR count). The van der Waals surface area contributed by atoms with Gasteiger partial charge in [0.2, 0.25) is 0 Å². The van der Waals surface area contributed by atoms with Crippen LogP contribution >= 0.6 is 0 Å². The summed E-state index contributed by atoms with van der Waals surface area (Å²) in [5, 5.41) is 8.91. The molecule has 1 aliphatic heterocycles. The zero-order valence-corrected chi connectivity index (χ0v) is 17.3. The Kier molecular flexibility index (Phi) is 6.13. The van der Waals surface area contributed by atoms with Crippen LogP contribution in [0.5, 0.6) is 0 Å². The first-order valence-corrected chi connectivity index (χ1v) is 10.5.